The number of benzene rings is 1. The number of nitrogens with one attached hydrogen (secondary N) is 1. The van der Waals surface area contributed by atoms with Gasteiger partial charge in [0.15, 0.2) is 17.3 Å². The molecule has 0 bridgehead atoms. The molecule has 196 valence electrons. The summed E-state index contributed by atoms with van der Waals surface area (Å²) in [6, 6.07) is 11.4. The normalized spacial score (nSPS) is 18.0. The largest absolute Gasteiger partial charge is 0.493 e. The SMILES string of the molecule is COc1cc(C(=O)CCC(C)(O)c2cc3c(c(-c4ccc(C)cc4)n2)NCC3(C)N)ncc1OCCO. The average molecular weight is 507 g/mol. The van der Waals surface area contributed by atoms with Gasteiger partial charge in [0.05, 0.1) is 42.5 Å². The minimum absolute atomic E-state index is 0.0385. The van der Waals surface area contributed by atoms with Crippen molar-refractivity contribution in [2.75, 3.05) is 32.2 Å². The fraction of sp³-hybridized carbons (Fsp3) is 0.393. The first kappa shape index (κ1) is 26.5. The van der Waals surface area contributed by atoms with E-state index in [2.05, 4.69) is 10.3 Å². The number of methoxy groups -OCH3 is 1. The predicted molar refractivity (Wildman–Crippen MR) is 141 cm³/mol. The second-order valence-corrected chi connectivity index (χ2v) is 9.91. The van der Waals surface area contributed by atoms with Gasteiger partial charge in [0.25, 0.3) is 0 Å². The summed E-state index contributed by atoms with van der Waals surface area (Å²) in [5.74, 6) is 0.429. The average Bonchev–Trinajstić information content (AvgIpc) is 3.20. The number of aryl methyl sites for hydroxylation is 1. The summed E-state index contributed by atoms with van der Waals surface area (Å²) in [4.78, 5) is 22.0. The number of Topliss-reactive ketones (excluding diaryl/α,β-unsaturated/α-hetero) is 1. The second kappa shape index (κ2) is 10.5. The van der Waals surface area contributed by atoms with Gasteiger partial charge < -0.3 is 30.7 Å². The van der Waals surface area contributed by atoms with Gasteiger partial charge in [0.1, 0.15) is 17.9 Å². The van der Waals surface area contributed by atoms with Crippen LogP contribution in [0.25, 0.3) is 11.3 Å². The number of pyridine rings is 2. The molecule has 3 aromatic rings. The summed E-state index contributed by atoms with van der Waals surface area (Å²) in [5, 5.41) is 23.8. The van der Waals surface area contributed by atoms with E-state index in [4.69, 9.17) is 25.3 Å². The standard InChI is InChI=1S/C28H34N4O5/c1-17-5-7-18(8-6-17)25-26-19(27(2,29)16-31-26)13-24(32-25)28(3,35)10-9-21(34)20-14-22(36-4)23(15-30-20)37-12-11-33/h5-8,13-15,31,33,35H,9-12,16,29H2,1-4H3. The number of hydrogen-bond donors (Lipinski definition) is 4. The Morgan fingerprint density at radius 3 is 2.65 bits per heavy atom. The van der Waals surface area contributed by atoms with Crippen molar-refractivity contribution in [2.45, 2.75) is 44.8 Å². The van der Waals surface area contributed by atoms with Crippen molar-refractivity contribution in [1.29, 1.82) is 0 Å². The van der Waals surface area contributed by atoms with E-state index in [0.29, 0.717) is 23.7 Å². The van der Waals surface area contributed by atoms with Crippen molar-refractivity contribution in [3.63, 3.8) is 0 Å². The molecule has 0 saturated carbocycles. The predicted octanol–water partition coefficient (Wildman–Crippen LogP) is 3.30. The highest BCUT2D eigenvalue weighted by atomic mass is 16.5. The Morgan fingerprint density at radius 1 is 1.24 bits per heavy atom. The van der Waals surface area contributed by atoms with E-state index >= 15 is 0 Å². The molecule has 0 aliphatic carbocycles. The molecule has 37 heavy (non-hydrogen) atoms. The number of rotatable bonds is 10. The maximum Gasteiger partial charge on any atom is 0.181 e. The Balaban J connectivity index is 1.60. The van der Waals surface area contributed by atoms with Gasteiger partial charge in [-0.1, -0.05) is 29.8 Å². The lowest BCUT2D eigenvalue weighted by molar-refractivity contribution is 0.0396. The van der Waals surface area contributed by atoms with Gasteiger partial charge >= 0.3 is 0 Å². The van der Waals surface area contributed by atoms with Crippen molar-refractivity contribution in [2.24, 2.45) is 5.73 Å². The van der Waals surface area contributed by atoms with E-state index in [1.54, 1.807) is 6.92 Å². The molecular formula is C28H34N4O5. The van der Waals surface area contributed by atoms with E-state index in [9.17, 15) is 9.90 Å². The van der Waals surface area contributed by atoms with Gasteiger partial charge in [0, 0.05) is 30.2 Å². The zero-order valence-corrected chi connectivity index (χ0v) is 21.7. The molecule has 1 aromatic carbocycles. The highest BCUT2D eigenvalue weighted by Crippen LogP contribution is 2.42. The third-order valence-corrected chi connectivity index (χ3v) is 6.67. The Bertz CT molecular complexity index is 1290. The van der Waals surface area contributed by atoms with Crippen LogP contribution in [0.3, 0.4) is 0 Å². The molecule has 9 heteroatoms. The van der Waals surface area contributed by atoms with Crippen molar-refractivity contribution in [3.8, 4) is 22.8 Å². The third-order valence-electron chi connectivity index (χ3n) is 6.67. The highest BCUT2D eigenvalue weighted by Gasteiger charge is 2.36. The van der Waals surface area contributed by atoms with E-state index in [0.717, 1.165) is 28.1 Å². The molecule has 0 fully saturated rings. The molecule has 1 aliphatic heterocycles. The van der Waals surface area contributed by atoms with Gasteiger partial charge in [-0.15, -0.1) is 0 Å². The lowest BCUT2D eigenvalue weighted by Gasteiger charge is -2.26. The highest BCUT2D eigenvalue weighted by molar-refractivity contribution is 5.94. The Kier molecular flexibility index (Phi) is 7.49. The summed E-state index contributed by atoms with van der Waals surface area (Å²) < 4.78 is 10.7. The summed E-state index contributed by atoms with van der Waals surface area (Å²) in [6.07, 6.45) is 1.56. The van der Waals surface area contributed by atoms with Crippen molar-refractivity contribution in [3.05, 3.63) is 65.1 Å². The molecule has 9 nitrogen and oxygen atoms in total. The molecule has 2 aromatic heterocycles. The van der Waals surface area contributed by atoms with Crippen LogP contribution in [0, 0.1) is 6.92 Å². The quantitative estimate of drug-likeness (QED) is 0.305. The summed E-state index contributed by atoms with van der Waals surface area (Å²) in [7, 11) is 1.46. The summed E-state index contributed by atoms with van der Waals surface area (Å²) >= 11 is 0. The Hall–Kier alpha value is -3.53. The maximum absolute atomic E-state index is 13.0. The number of fused-ring (bicyclic) bond motifs is 1. The van der Waals surface area contributed by atoms with Gasteiger partial charge in [-0.25, -0.2) is 9.97 Å². The first-order valence-electron chi connectivity index (χ1n) is 12.2. The lowest BCUT2D eigenvalue weighted by atomic mass is 9.88. The topological polar surface area (TPSA) is 140 Å². The van der Waals surface area contributed by atoms with E-state index in [1.165, 1.54) is 19.4 Å². The molecule has 2 atom stereocenters. The van der Waals surface area contributed by atoms with Crippen LogP contribution in [-0.4, -0.2) is 52.8 Å². The van der Waals surface area contributed by atoms with Crippen molar-refractivity contribution in [1.82, 2.24) is 9.97 Å². The van der Waals surface area contributed by atoms with Crippen molar-refractivity contribution >= 4 is 11.5 Å². The molecular weight excluding hydrogens is 472 g/mol. The van der Waals surface area contributed by atoms with Crippen LogP contribution in [-0.2, 0) is 11.1 Å². The number of aromatic nitrogens is 2. The Labute approximate surface area is 216 Å². The van der Waals surface area contributed by atoms with E-state index in [1.807, 2.05) is 44.2 Å². The number of anilines is 1. The first-order valence-corrected chi connectivity index (χ1v) is 12.2. The molecule has 0 saturated heterocycles. The molecule has 2 unspecified atom stereocenters. The minimum Gasteiger partial charge on any atom is -0.493 e. The van der Waals surface area contributed by atoms with Crippen LogP contribution in [0.2, 0.25) is 0 Å². The molecule has 0 spiro atoms. The van der Waals surface area contributed by atoms with Crippen molar-refractivity contribution < 1.29 is 24.5 Å². The first-order chi connectivity index (χ1) is 17.6. The van der Waals surface area contributed by atoms with Crippen LogP contribution in [0.4, 0.5) is 5.69 Å². The van der Waals surface area contributed by atoms with Crippen LogP contribution in [0.15, 0.2) is 42.6 Å². The van der Waals surface area contributed by atoms with Gasteiger partial charge in [-0.05, 0) is 33.3 Å². The second-order valence-electron chi connectivity index (χ2n) is 9.91. The number of nitrogens with zero attached hydrogens (tertiary/aromatic N) is 2. The molecule has 3 heterocycles. The number of hydrogen-bond acceptors (Lipinski definition) is 9. The summed E-state index contributed by atoms with van der Waals surface area (Å²) in [5.41, 5.74) is 9.72. The number of ether oxygens (including phenoxy) is 2. The smallest absolute Gasteiger partial charge is 0.181 e. The maximum atomic E-state index is 13.0. The molecule has 0 amide bonds. The van der Waals surface area contributed by atoms with Gasteiger partial charge in [-0.3, -0.25) is 4.79 Å². The molecule has 1 aliphatic rings. The lowest BCUT2D eigenvalue weighted by Crippen LogP contribution is -2.35. The number of carbonyl (C=O) groups excluding carboxylic acids is 1. The van der Waals surface area contributed by atoms with Crippen LogP contribution in [0.1, 0.15) is 54.0 Å². The zero-order valence-electron chi connectivity index (χ0n) is 21.7. The van der Waals surface area contributed by atoms with Crippen LogP contribution >= 0.6 is 0 Å². The number of ketones is 1. The van der Waals surface area contributed by atoms with E-state index < -0.39 is 11.1 Å². The molecule has 4 rings (SSSR count). The number of aliphatic hydroxyl groups excluding tert-OH is 1. The van der Waals surface area contributed by atoms with Crippen LogP contribution in [0.5, 0.6) is 11.5 Å². The van der Waals surface area contributed by atoms with Crippen LogP contribution < -0.4 is 20.5 Å². The van der Waals surface area contributed by atoms with E-state index in [-0.39, 0.29) is 37.5 Å². The minimum atomic E-state index is -1.39. The number of nitrogens with two attached hydrogens (primary N) is 1. The molecule has 0 radical (unpaired) electrons. The Morgan fingerprint density at radius 2 is 1.97 bits per heavy atom. The molecule has 5 N–H and O–H groups in total. The third kappa shape index (κ3) is 5.58. The fourth-order valence-corrected chi connectivity index (χ4v) is 4.35. The monoisotopic (exact) mass is 506 g/mol. The summed E-state index contributed by atoms with van der Waals surface area (Å²) in [6.45, 7) is 6.11. The van der Waals surface area contributed by atoms with Gasteiger partial charge in [-0.2, -0.15) is 0 Å². The zero-order chi connectivity index (χ0) is 26.8. The number of carbonyl (C=O) groups is 1. The fourth-order valence-electron chi connectivity index (χ4n) is 4.35. The van der Waals surface area contributed by atoms with Gasteiger partial charge in [0.2, 0.25) is 0 Å². The number of aliphatic hydroxyl groups is 2.